The second-order valence-electron chi connectivity index (χ2n) is 15.9. The number of nitrogens with zero attached hydrogens (tertiary/aromatic N) is 4. The van der Waals surface area contributed by atoms with Crippen molar-refractivity contribution in [3.05, 3.63) is 189 Å². The number of likely N-dealkylation sites (N-methyl/N-ethyl adjacent to an activating group) is 2. The lowest BCUT2D eigenvalue weighted by Gasteiger charge is -2.28. The average Bonchev–Trinajstić information content (AvgIpc) is 3.52. The van der Waals surface area contributed by atoms with E-state index in [0.29, 0.717) is 34.3 Å². The van der Waals surface area contributed by atoms with Crippen LogP contribution >= 0.6 is 35.6 Å². The number of aryl methyl sites for hydroxylation is 4. The maximum atomic E-state index is 12.5. The predicted molar refractivity (Wildman–Crippen MR) is 258 cm³/mol. The summed E-state index contributed by atoms with van der Waals surface area (Å²) >= 11 is 11.8. The van der Waals surface area contributed by atoms with Crippen LogP contribution in [-0.2, 0) is 25.7 Å². The Morgan fingerprint density at radius 1 is 0.459 bits per heavy atom. The highest BCUT2D eigenvalue weighted by atomic mass is 35.5. The second-order valence-corrected chi connectivity index (χ2v) is 16.7. The summed E-state index contributed by atoms with van der Waals surface area (Å²) in [5.74, 6) is 0.249. The zero-order valence-electron chi connectivity index (χ0n) is 35.1. The molecule has 2 aliphatic rings. The zero-order chi connectivity index (χ0) is 41.8. The Bertz CT molecular complexity index is 2110. The summed E-state index contributed by atoms with van der Waals surface area (Å²) in [6.07, 6.45) is 6.23. The quantitative estimate of drug-likeness (QED) is 0.102. The fourth-order valence-electron chi connectivity index (χ4n) is 8.32. The molecule has 2 aliphatic heterocycles. The van der Waals surface area contributed by atoms with Crippen LogP contribution in [0.15, 0.2) is 146 Å². The number of hydrogen-bond donors (Lipinski definition) is 0. The van der Waals surface area contributed by atoms with Crippen molar-refractivity contribution in [1.82, 2.24) is 9.80 Å². The number of carbonyl (C=O) groups excluding carboxylic acids is 2. The lowest BCUT2D eigenvalue weighted by atomic mass is 10.0. The maximum absolute atomic E-state index is 12.5. The van der Waals surface area contributed by atoms with Gasteiger partial charge in [-0.05, 0) is 148 Å². The van der Waals surface area contributed by atoms with Crippen molar-refractivity contribution in [3.63, 3.8) is 0 Å². The molecule has 316 valence electrons. The Balaban J connectivity index is 0.000000201. The molecule has 0 amide bonds. The molecular formula is C52H55Cl3N4O2. The Kier molecular flexibility index (Phi) is 16.6. The molecule has 2 heterocycles. The summed E-state index contributed by atoms with van der Waals surface area (Å²) in [5, 5.41) is 1.30. The molecule has 0 aromatic heterocycles. The summed E-state index contributed by atoms with van der Waals surface area (Å²) in [7, 11) is 4.02. The summed E-state index contributed by atoms with van der Waals surface area (Å²) < 4.78 is 0. The van der Waals surface area contributed by atoms with E-state index in [1.807, 2.05) is 14.1 Å². The molecule has 0 aliphatic carbocycles. The monoisotopic (exact) mass is 872 g/mol. The molecule has 0 unspecified atom stereocenters. The van der Waals surface area contributed by atoms with E-state index in [2.05, 4.69) is 117 Å². The smallest absolute Gasteiger partial charge is 0.176 e. The third kappa shape index (κ3) is 12.1. The van der Waals surface area contributed by atoms with Gasteiger partial charge in [-0.15, -0.1) is 12.4 Å². The van der Waals surface area contributed by atoms with Crippen molar-refractivity contribution in [2.45, 2.75) is 38.5 Å². The van der Waals surface area contributed by atoms with Crippen LogP contribution in [0.3, 0.4) is 0 Å². The number of hydrogen-bond acceptors (Lipinski definition) is 6. The van der Waals surface area contributed by atoms with E-state index < -0.39 is 0 Å². The third-order valence-corrected chi connectivity index (χ3v) is 12.0. The molecule has 8 rings (SSSR count). The number of carbonyl (C=O) groups is 2. The van der Waals surface area contributed by atoms with Gasteiger partial charge in [-0.3, -0.25) is 19.4 Å². The summed E-state index contributed by atoms with van der Waals surface area (Å²) in [4.78, 5) is 34.1. The minimum atomic E-state index is 0. The topological polar surface area (TPSA) is 47.1 Å². The number of anilines is 4. The summed E-state index contributed by atoms with van der Waals surface area (Å²) in [6, 6.07) is 49.1. The first-order valence-electron chi connectivity index (χ1n) is 21.0. The minimum absolute atomic E-state index is 0. The van der Waals surface area contributed by atoms with E-state index in [4.69, 9.17) is 23.2 Å². The normalized spacial score (nSPS) is 12.8. The van der Waals surface area contributed by atoms with E-state index in [1.54, 1.807) is 48.5 Å². The van der Waals surface area contributed by atoms with Gasteiger partial charge in [0.2, 0.25) is 0 Å². The van der Waals surface area contributed by atoms with E-state index >= 15 is 0 Å². The molecule has 0 bridgehead atoms. The Labute approximate surface area is 378 Å². The number of halogens is 3. The number of fused-ring (bicyclic) bond motifs is 4. The van der Waals surface area contributed by atoms with Crippen molar-refractivity contribution in [2.24, 2.45) is 0 Å². The van der Waals surface area contributed by atoms with Gasteiger partial charge >= 0.3 is 0 Å². The number of ketones is 2. The maximum Gasteiger partial charge on any atom is 0.176 e. The van der Waals surface area contributed by atoms with E-state index in [-0.39, 0.29) is 24.0 Å². The molecule has 61 heavy (non-hydrogen) atoms. The van der Waals surface area contributed by atoms with E-state index in [9.17, 15) is 9.59 Å². The van der Waals surface area contributed by atoms with Crippen LogP contribution in [0, 0.1) is 0 Å². The van der Waals surface area contributed by atoms with Crippen LogP contribution in [0.25, 0.3) is 0 Å². The van der Waals surface area contributed by atoms with Crippen LogP contribution in [-0.4, -0.2) is 74.7 Å². The van der Waals surface area contributed by atoms with Gasteiger partial charge in [-0.25, -0.2) is 0 Å². The van der Waals surface area contributed by atoms with Gasteiger partial charge in [0.15, 0.2) is 11.6 Å². The van der Waals surface area contributed by atoms with E-state index in [1.165, 1.54) is 45.0 Å². The van der Waals surface area contributed by atoms with Gasteiger partial charge in [-0.2, -0.15) is 0 Å². The molecular weight excluding hydrogens is 819 g/mol. The zero-order valence-corrected chi connectivity index (χ0v) is 37.4. The molecule has 6 aromatic rings. The molecule has 0 saturated heterocycles. The van der Waals surface area contributed by atoms with Crippen LogP contribution in [0.5, 0.6) is 0 Å². The molecule has 9 heteroatoms. The van der Waals surface area contributed by atoms with Crippen LogP contribution in [0.4, 0.5) is 22.7 Å². The highest BCUT2D eigenvalue weighted by Crippen LogP contribution is 2.37. The van der Waals surface area contributed by atoms with Gasteiger partial charge in [0.25, 0.3) is 0 Å². The van der Waals surface area contributed by atoms with Crippen molar-refractivity contribution in [3.8, 4) is 0 Å². The van der Waals surface area contributed by atoms with E-state index in [0.717, 1.165) is 64.7 Å². The molecule has 0 spiro atoms. The largest absolute Gasteiger partial charge is 0.341 e. The third-order valence-electron chi connectivity index (χ3n) is 11.5. The summed E-state index contributed by atoms with van der Waals surface area (Å²) in [5.41, 5.74) is 12.3. The Morgan fingerprint density at radius 3 is 1.03 bits per heavy atom. The fraction of sp³-hybridized carbons (Fsp3) is 0.269. The van der Waals surface area contributed by atoms with Crippen molar-refractivity contribution in [2.75, 3.05) is 63.2 Å². The first kappa shape index (κ1) is 45.6. The van der Waals surface area contributed by atoms with Gasteiger partial charge in [0.05, 0.1) is 13.1 Å². The van der Waals surface area contributed by atoms with Gasteiger partial charge in [-0.1, -0.05) is 96.0 Å². The molecule has 0 saturated carbocycles. The van der Waals surface area contributed by atoms with Crippen molar-refractivity contribution < 1.29 is 9.59 Å². The molecule has 6 nitrogen and oxygen atoms in total. The molecule has 0 fully saturated rings. The lowest BCUT2D eigenvalue weighted by Crippen LogP contribution is -2.29. The SMILES string of the molecule is CN(CCCN1c2ccccc2CCc2ccccc21)CC(=O)c1ccc(Cl)cc1.CN(CCCN1c2ccccc2CCc2ccccc21)CC(=O)c1ccc(Cl)cc1.Cl. The first-order valence-corrected chi connectivity index (χ1v) is 21.8. The van der Waals surface area contributed by atoms with Crippen molar-refractivity contribution in [1.29, 1.82) is 0 Å². The second kappa shape index (κ2) is 22.2. The number of Topliss-reactive ketones (excluding diaryl/α,β-unsaturated/α-hetero) is 2. The van der Waals surface area contributed by atoms with Crippen molar-refractivity contribution >= 4 is 69.9 Å². The molecule has 0 atom stereocenters. The standard InChI is InChI=1S/2C26H27ClN2O.ClH/c2*1-28(19-26(30)22-13-15-23(27)16-14-22)17-6-18-29-24-9-4-2-7-20(24)11-12-21-8-3-5-10-25(21)29;/h2*2-5,7-10,13-16H,6,11-12,17-19H2,1H3;1H. The number of para-hydroxylation sites is 4. The highest BCUT2D eigenvalue weighted by molar-refractivity contribution is 6.31. The average molecular weight is 874 g/mol. The minimum Gasteiger partial charge on any atom is -0.341 e. The fourth-order valence-corrected chi connectivity index (χ4v) is 8.57. The predicted octanol–water partition coefficient (Wildman–Crippen LogP) is 12.0. The van der Waals surface area contributed by atoms with Crippen LogP contribution < -0.4 is 9.80 Å². The Morgan fingerprint density at radius 2 is 0.738 bits per heavy atom. The van der Waals surface area contributed by atoms with Gasteiger partial charge in [0.1, 0.15) is 0 Å². The number of benzene rings is 6. The molecule has 0 radical (unpaired) electrons. The highest BCUT2D eigenvalue weighted by Gasteiger charge is 2.22. The first-order chi connectivity index (χ1) is 29.2. The van der Waals surface area contributed by atoms with Crippen LogP contribution in [0.1, 0.15) is 55.8 Å². The lowest BCUT2D eigenvalue weighted by molar-refractivity contribution is 0.0938. The van der Waals surface area contributed by atoms with Gasteiger partial charge < -0.3 is 9.80 Å². The Hall–Kier alpha value is -4.95. The number of rotatable bonds is 14. The molecule has 6 aromatic carbocycles. The summed E-state index contributed by atoms with van der Waals surface area (Å²) in [6.45, 7) is 4.39. The molecule has 0 N–H and O–H groups in total. The van der Waals surface area contributed by atoms with Crippen LogP contribution in [0.2, 0.25) is 10.0 Å². The van der Waals surface area contributed by atoms with Gasteiger partial charge in [0, 0.05) is 70.1 Å².